The van der Waals surface area contributed by atoms with Gasteiger partial charge in [-0.1, -0.05) is 36.0 Å². The number of thioether (sulfide) groups is 1. The third kappa shape index (κ3) is 5.12. The molecular formula is C22H22FN3O2S. The van der Waals surface area contributed by atoms with E-state index in [0.29, 0.717) is 11.7 Å². The SMILES string of the molecule is C=CCN1C(=O)[C@@H](CC(=O)Nc2ccccc2F)SC1=Nc1cc(C)cc(C)c1. The molecule has 5 nitrogen and oxygen atoms in total. The molecule has 1 atom stereocenters. The highest BCUT2D eigenvalue weighted by Gasteiger charge is 2.38. The van der Waals surface area contributed by atoms with Crippen LogP contribution in [0.1, 0.15) is 17.5 Å². The van der Waals surface area contributed by atoms with E-state index in [1.165, 1.54) is 28.8 Å². The van der Waals surface area contributed by atoms with Crippen LogP contribution in [0.2, 0.25) is 0 Å². The van der Waals surface area contributed by atoms with E-state index >= 15 is 0 Å². The molecule has 1 fully saturated rings. The Morgan fingerprint density at radius 1 is 1.28 bits per heavy atom. The summed E-state index contributed by atoms with van der Waals surface area (Å²) >= 11 is 1.24. The summed E-state index contributed by atoms with van der Waals surface area (Å²) in [5.74, 6) is -1.15. The number of para-hydroxylation sites is 1. The minimum absolute atomic E-state index is 0.0721. The number of amidine groups is 1. The summed E-state index contributed by atoms with van der Waals surface area (Å²) in [6, 6.07) is 11.9. The normalized spacial score (nSPS) is 17.6. The van der Waals surface area contributed by atoms with Gasteiger partial charge in [0.25, 0.3) is 0 Å². The third-order valence-electron chi connectivity index (χ3n) is 4.28. The second kappa shape index (κ2) is 9.05. The largest absolute Gasteiger partial charge is 0.324 e. The van der Waals surface area contributed by atoms with Crippen LogP contribution in [-0.4, -0.2) is 33.7 Å². The van der Waals surface area contributed by atoms with Crippen molar-refractivity contribution in [3.8, 4) is 0 Å². The Hall–Kier alpha value is -2.93. The van der Waals surface area contributed by atoms with Crippen LogP contribution in [-0.2, 0) is 9.59 Å². The molecule has 0 bridgehead atoms. The standard InChI is InChI=1S/C22H22FN3O2S/c1-4-9-26-21(28)19(13-20(27)25-18-8-6-5-7-17(18)23)29-22(26)24-16-11-14(2)10-15(3)12-16/h4-8,10-12,19H,1,9,13H2,2-3H3,(H,25,27)/t19-/m1/s1. The lowest BCUT2D eigenvalue weighted by atomic mass is 10.1. The molecule has 7 heteroatoms. The zero-order valence-corrected chi connectivity index (χ0v) is 17.1. The lowest BCUT2D eigenvalue weighted by Gasteiger charge is -2.14. The van der Waals surface area contributed by atoms with Crippen LogP contribution < -0.4 is 5.32 Å². The molecule has 0 aliphatic carbocycles. The van der Waals surface area contributed by atoms with Gasteiger partial charge in [-0.2, -0.15) is 0 Å². The van der Waals surface area contributed by atoms with E-state index in [-0.39, 0.29) is 18.0 Å². The van der Waals surface area contributed by atoms with Gasteiger partial charge >= 0.3 is 0 Å². The Bertz CT molecular complexity index is 970. The summed E-state index contributed by atoms with van der Waals surface area (Å²) in [6.07, 6.45) is 1.55. The number of carbonyl (C=O) groups is 2. The summed E-state index contributed by atoms with van der Waals surface area (Å²) in [4.78, 5) is 31.3. The number of anilines is 1. The van der Waals surface area contributed by atoms with Gasteiger partial charge in [-0.25, -0.2) is 9.38 Å². The van der Waals surface area contributed by atoms with E-state index in [1.54, 1.807) is 18.2 Å². The van der Waals surface area contributed by atoms with E-state index in [4.69, 9.17) is 0 Å². The lowest BCUT2D eigenvalue weighted by molar-refractivity contribution is -0.127. The van der Waals surface area contributed by atoms with Crippen LogP contribution in [0.15, 0.2) is 60.1 Å². The summed E-state index contributed by atoms with van der Waals surface area (Å²) in [7, 11) is 0. The Labute approximate surface area is 173 Å². The minimum atomic E-state index is -0.619. The van der Waals surface area contributed by atoms with Crippen molar-refractivity contribution in [1.29, 1.82) is 0 Å². The quantitative estimate of drug-likeness (QED) is 0.708. The Morgan fingerprint density at radius 2 is 1.97 bits per heavy atom. The molecule has 3 rings (SSSR count). The highest BCUT2D eigenvalue weighted by atomic mass is 32.2. The van der Waals surface area contributed by atoms with Crippen molar-refractivity contribution >= 4 is 40.1 Å². The summed E-state index contributed by atoms with van der Waals surface area (Å²) in [5, 5.41) is 2.44. The number of nitrogens with one attached hydrogen (secondary N) is 1. The van der Waals surface area contributed by atoms with Gasteiger partial charge in [0.15, 0.2) is 5.17 Å². The molecule has 2 aromatic carbocycles. The van der Waals surface area contributed by atoms with Crippen molar-refractivity contribution in [2.75, 3.05) is 11.9 Å². The van der Waals surface area contributed by atoms with Crippen molar-refractivity contribution in [3.05, 3.63) is 72.1 Å². The number of aryl methyl sites for hydroxylation is 2. The number of benzene rings is 2. The second-order valence-corrected chi connectivity index (χ2v) is 7.99. The molecule has 0 radical (unpaired) electrons. The lowest BCUT2D eigenvalue weighted by Crippen LogP contribution is -2.33. The molecule has 2 amide bonds. The maximum absolute atomic E-state index is 13.7. The topological polar surface area (TPSA) is 61.8 Å². The molecule has 2 aromatic rings. The zero-order chi connectivity index (χ0) is 21.0. The number of amides is 2. The first-order chi connectivity index (χ1) is 13.9. The van der Waals surface area contributed by atoms with Crippen LogP contribution >= 0.6 is 11.8 Å². The highest BCUT2D eigenvalue weighted by molar-refractivity contribution is 8.15. The molecule has 0 saturated carbocycles. The number of nitrogens with zero attached hydrogens (tertiary/aromatic N) is 2. The number of carbonyl (C=O) groups excluding carboxylic acids is 2. The van der Waals surface area contributed by atoms with E-state index < -0.39 is 17.0 Å². The Morgan fingerprint density at radius 3 is 2.62 bits per heavy atom. The minimum Gasteiger partial charge on any atom is -0.324 e. The van der Waals surface area contributed by atoms with Gasteiger partial charge in [0.2, 0.25) is 11.8 Å². The van der Waals surface area contributed by atoms with Crippen LogP contribution in [0.5, 0.6) is 0 Å². The number of hydrogen-bond donors (Lipinski definition) is 1. The van der Waals surface area contributed by atoms with Crippen molar-refractivity contribution in [2.24, 2.45) is 4.99 Å². The fourth-order valence-electron chi connectivity index (χ4n) is 3.08. The average Bonchev–Trinajstić information content (AvgIpc) is 2.92. The first kappa shape index (κ1) is 20.8. The summed E-state index contributed by atoms with van der Waals surface area (Å²) in [5.41, 5.74) is 3.01. The summed E-state index contributed by atoms with van der Waals surface area (Å²) < 4.78 is 13.7. The number of rotatable bonds is 6. The van der Waals surface area contributed by atoms with E-state index in [9.17, 15) is 14.0 Å². The van der Waals surface area contributed by atoms with Gasteiger partial charge in [-0.15, -0.1) is 6.58 Å². The van der Waals surface area contributed by atoms with Crippen molar-refractivity contribution in [2.45, 2.75) is 25.5 Å². The molecule has 0 aromatic heterocycles. The molecule has 0 spiro atoms. The van der Waals surface area contributed by atoms with Crippen LogP contribution in [0.25, 0.3) is 0 Å². The first-order valence-electron chi connectivity index (χ1n) is 9.17. The van der Waals surface area contributed by atoms with Gasteiger partial charge in [0.05, 0.1) is 11.4 Å². The van der Waals surface area contributed by atoms with Gasteiger partial charge in [-0.05, 0) is 49.2 Å². The number of hydrogen-bond acceptors (Lipinski definition) is 4. The third-order valence-corrected chi connectivity index (χ3v) is 5.46. The van der Waals surface area contributed by atoms with Gasteiger partial charge in [0.1, 0.15) is 11.1 Å². The van der Waals surface area contributed by atoms with Gasteiger partial charge < -0.3 is 5.32 Å². The second-order valence-electron chi connectivity index (χ2n) is 6.82. The molecule has 1 N–H and O–H groups in total. The molecule has 29 heavy (non-hydrogen) atoms. The van der Waals surface area contributed by atoms with Crippen molar-refractivity contribution in [1.82, 2.24) is 4.90 Å². The highest BCUT2D eigenvalue weighted by Crippen LogP contribution is 2.32. The van der Waals surface area contributed by atoms with Gasteiger partial charge in [0, 0.05) is 13.0 Å². The molecule has 1 aliphatic heterocycles. The molecule has 150 valence electrons. The first-order valence-corrected chi connectivity index (χ1v) is 10.1. The van der Waals surface area contributed by atoms with Crippen LogP contribution in [0.4, 0.5) is 15.8 Å². The van der Waals surface area contributed by atoms with E-state index in [2.05, 4.69) is 16.9 Å². The maximum Gasteiger partial charge on any atom is 0.242 e. The number of halogens is 1. The van der Waals surface area contributed by atoms with Gasteiger partial charge in [-0.3, -0.25) is 14.5 Å². The molecule has 0 unspecified atom stereocenters. The predicted octanol–water partition coefficient (Wildman–Crippen LogP) is 4.59. The maximum atomic E-state index is 13.7. The predicted molar refractivity (Wildman–Crippen MR) is 116 cm³/mol. The molecule has 1 heterocycles. The fourth-order valence-corrected chi connectivity index (χ4v) is 4.25. The monoisotopic (exact) mass is 411 g/mol. The zero-order valence-electron chi connectivity index (χ0n) is 16.3. The Balaban J connectivity index is 1.78. The summed E-state index contributed by atoms with van der Waals surface area (Å²) in [6.45, 7) is 7.98. The van der Waals surface area contributed by atoms with E-state index in [1.807, 2.05) is 32.0 Å². The number of aliphatic imine (C=N–C) groups is 1. The molecule has 1 saturated heterocycles. The van der Waals surface area contributed by atoms with Crippen molar-refractivity contribution < 1.29 is 14.0 Å². The molecular weight excluding hydrogens is 389 g/mol. The van der Waals surface area contributed by atoms with Crippen LogP contribution in [0, 0.1) is 19.7 Å². The van der Waals surface area contributed by atoms with E-state index in [0.717, 1.165) is 16.8 Å². The Kier molecular flexibility index (Phi) is 6.49. The smallest absolute Gasteiger partial charge is 0.242 e. The van der Waals surface area contributed by atoms with Crippen molar-refractivity contribution in [3.63, 3.8) is 0 Å². The van der Waals surface area contributed by atoms with Crippen LogP contribution in [0.3, 0.4) is 0 Å². The molecule has 1 aliphatic rings. The average molecular weight is 412 g/mol. The fraction of sp³-hybridized carbons (Fsp3) is 0.227.